The van der Waals surface area contributed by atoms with E-state index in [1.807, 2.05) is 6.92 Å². The van der Waals surface area contributed by atoms with Crippen LogP contribution in [-0.4, -0.2) is 41.3 Å². The number of aliphatic hydroxyl groups is 1. The number of nitrogens with two attached hydrogens (primary N) is 1. The quantitative estimate of drug-likeness (QED) is 0.745. The molecule has 8 heteroatoms. The Morgan fingerprint density at radius 2 is 1.96 bits per heavy atom. The van der Waals surface area contributed by atoms with Gasteiger partial charge in [0.2, 0.25) is 21.7 Å². The molecule has 1 aliphatic rings. The first-order valence-corrected chi connectivity index (χ1v) is 9.83. The molecule has 1 unspecified atom stereocenters. The lowest BCUT2D eigenvalue weighted by atomic mass is 10.0. The molecule has 25 heavy (non-hydrogen) atoms. The highest BCUT2D eigenvalue weighted by atomic mass is 32.2. The summed E-state index contributed by atoms with van der Waals surface area (Å²) in [4.78, 5) is 25.0. The van der Waals surface area contributed by atoms with Crippen LogP contribution in [0.5, 0.6) is 0 Å². The third-order valence-electron chi connectivity index (χ3n) is 4.68. The summed E-state index contributed by atoms with van der Waals surface area (Å²) >= 11 is 0. The van der Waals surface area contributed by atoms with Crippen molar-refractivity contribution in [1.82, 2.24) is 4.90 Å². The smallest absolute Gasteiger partial charge is 0.253 e. The third kappa shape index (κ3) is 3.04. The van der Waals surface area contributed by atoms with Gasteiger partial charge in [-0.15, -0.1) is 0 Å². The molecule has 0 spiro atoms. The second-order valence-electron chi connectivity index (χ2n) is 6.25. The molecule has 2 rings (SSSR count). The van der Waals surface area contributed by atoms with E-state index in [0.717, 1.165) is 4.90 Å². The number of hydrogen-bond donors (Lipinski definition) is 2. The third-order valence-corrected chi connectivity index (χ3v) is 6.89. The highest BCUT2D eigenvalue weighted by molar-refractivity contribution is 7.92. The fourth-order valence-corrected chi connectivity index (χ4v) is 5.48. The number of rotatable bonds is 7. The van der Waals surface area contributed by atoms with Gasteiger partial charge in [0.25, 0.3) is 5.06 Å². The number of benzene rings is 1. The summed E-state index contributed by atoms with van der Waals surface area (Å²) in [7, 11) is -4.33. The van der Waals surface area contributed by atoms with Crippen LogP contribution in [0.1, 0.15) is 39.5 Å². The SMILES string of the molecule is CCC[C@H]1CC(=O)N([C@@H](CC)C(N)=O)C1(O)S(=O)(=O)c1ccccc1. The number of sulfone groups is 1. The molecule has 0 aromatic heterocycles. The molecular weight excluding hydrogens is 344 g/mol. The number of carbonyl (C=O) groups excluding carboxylic acids is 2. The molecule has 138 valence electrons. The number of primary amides is 1. The minimum absolute atomic E-state index is 0.0994. The van der Waals surface area contributed by atoms with E-state index in [2.05, 4.69) is 0 Å². The van der Waals surface area contributed by atoms with Crippen molar-refractivity contribution < 1.29 is 23.1 Å². The minimum Gasteiger partial charge on any atom is -0.368 e. The van der Waals surface area contributed by atoms with Crippen molar-refractivity contribution in [1.29, 1.82) is 0 Å². The molecule has 1 heterocycles. The maximum absolute atomic E-state index is 13.2. The Kier molecular flexibility index (Phi) is 5.53. The second kappa shape index (κ2) is 7.13. The van der Waals surface area contributed by atoms with Crippen LogP contribution in [0, 0.1) is 5.92 Å². The van der Waals surface area contributed by atoms with Gasteiger partial charge < -0.3 is 10.8 Å². The molecule has 1 aliphatic heterocycles. The Morgan fingerprint density at radius 3 is 2.44 bits per heavy atom. The van der Waals surface area contributed by atoms with E-state index in [-0.39, 0.29) is 17.7 Å². The fraction of sp³-hybridized carbons (Fsp3) is 0.529. The summed E-state index contributed by atoms with van der Waals surface area (Å²) in [5.41, 5.74) is 5.37. The number of amides is 2. The Labute approximate surface area is 147 Å². The highest BCUT2D eigenvalue weighted by Crippen LogP contribution is 2.45. The van der Waals surface area contributed by atoms with Crippen LogP contribution in [0.3, 0.4) is 0 Å². The van der Waals surface area contributed by atoms with Gasteiger partial charge in [-0.25, -0.2) is 8.42 Å². The summed E-state index contributed by atoms with van der Waals surface area (Å²) in [6.45, 7) is 3.46. The topological polar surface area (TPSA) is 118 Å². The molecule has 0 saturated carbocycles. The van der Waals surface area contributed by atoms with Crippen LogP contribution in [0.4, 0.5) is 0 Å². The molecular formula is C17H24N2O5S. The predicted octanol–water partition coefficient (Wildman–Crippen LogP) is 1.02. The van der Waals surface area contributed by atoms with Crippen molar-refractivity contribution in [3.63, 3.8) is 0 Å². The van der Waals surface area contributed by atoms with Crippen LogP contribution in [-0.2, 0) is 19.4 Å². The highest BCUT2D eigenvalue weighted by Gasteiger charge is 2.62. The van der Waals surface area contributed by atoms with E-state index in [1.54, 1.807) is 13.0 Å². The van der Waals surface area contributed by atoms with Crippen LogP contribution in [0.15, 0.2) is 35.2 Å². The van der Waals surface area contributed by atoms with Gasteiger partial charge in [-0.1, -0.05) is 38.5 Å². The lowest BCUT2D eigenvalue weighted by Gasteiger charge is -2.39. The zero-order valence-corrected chi connectivity index (χ0v) is 15.2. The number of nitrogens with zero attached hydrogens (tertiary/aromatic N) is 1. The summed E-state index contributed by atoms with van der Waals surface area (Å²) < 4.78 is 26.5. The van der Waals surface area contributed by atoms with E-state index in [9.17, 15) is 23.1 Å². The van der Waals surface area contributed by atoms with Crippen LogP contribution in [0.25, 0.3) is 0 Å². The fourth-order valence-electron chi connectivity index (χ4n) is 3.49. The predicted molar refractivity (Wildman–Crippen MR) is 91.7 cm³/mol. The normalized spacial score (nSPS) is 25.2. The maximum Gasteiger partial charge on any atom is 0.253 e. The first-order valence-electron chi connectivity index (χ1n) is 8.35. The molecule has 0 bridgehead atoms. The first kappa shape index (κ1) is 19.4. The van der Waals surface area contributed by atoms with Gasteiger partial charge in [0.1, 0.15) is 6.04 Å². The van der Waals surface area contributed by atoms with Crippen molar-refractivity contribution in [2.75, 3.05) is 0 Å². The lowest BCUT2D eigenvalue weighted by molar-refractivity contribution is -0.149. The Hall–Kier alpha value is -1.93. The molecule has 1 fully saturated rings. The van der Waals surface area contributed by atoms with Crippen molar-refractivity contribution in [2.24, 2.45) is 11.7 Å². The second-order valence-corrected chi connectivity index (χ2v) is 8.33. The molecule has 3 atom stereocenters. The Balaban J connectivity index is 2.67. The molecule has 0 aliphatic carbocycles. The largest absolute Gasteiger partial charge is 0.368 e. The monoisotopic (exact) mass is 368 g/mol. The number of carbonyl (C=O) groups is 2. The van der Waals surface area contributed by atoms with Crippen molar-refractivity contribution in [3.8, 4) is 0 Å². The van der Waals surface area contributed by atoms with Crippen LogP contribution < -0.4 is 5.73 Å². The van der Waals surface area contributed by atoms with Crippen LogP contribution >= 0.6 is 0 Å². The molecule has 1 aromatic rings. The van der Waals surface area contributed by atoms with E-state index in [1.165, 1.54) is 24.3 Å². The lowest BCUT2D eigenvalue weighted by Crippen LogP contribution is -2.61. The van der Waals surface area contributed by atoms with Gasteiger partial charge in [-0.3, -0.25) is 14.5 Å². The molecule has 2 amide bonds. The maximum atomic E-state index is 13.2. The van der Waals surface area contributed by atoms with Gasteiger partial charge in [0.15, 0.2) is 0 Å². The number of likely N-dealkylation sites (tertiary alicyclic amines) is 1. The molecule has 7 nitrogen and oxygen atoms in total. The average Bonchev–Trinajstić information content (AvgIpc) is 2.82. The summed E-state index contributed by atoms with van der Waals surface area (Å²) in [6, 6.07) is 6.28. The molecule has 1 saturated heterocycles. The van der Waals surface area contributed by atoms with E-state index in [4.69, 9.17) is 5.73 Å². The standard InChI is InChI=1S/C17H24N2O5S/c1-3-8-12-11-15(20)19(14(4-2)16(18)21)17(12,22)25(23,24)13-9-6-5-7-10-13/h5-7,9-10,12,14,22H,3-4,8,11H2,1-2H3,(H2,18,21)/t12-,14-,17?/m0/s1. The first-order chi connectivity index (χ1) is 11.7. The van der Waals surface area contributed by atoms with Gasteiger partial charge >= 0.3 is 0 Å². The summed E-state index contributed by atoms with van der Waals surface area (Å²) in [5, 5.41) is 8.86. The minimum atomic E-state index is -4.33. The molecule has 0 radical (unpaired) electrons. The Bertz CT molecular complexity index is 750. The zero-order chi connectivity index (χ0) is 18.8. The Morgan fingerprint density at radius 1 is 1.36 bits per heavy atom. The molecule has 3 N–H and O–H groups in total. The van der Waals surface area contributed by atoms with Crippen molar-refractivity contribution in [2.45, 2.75) is 55.5 Å². The zero-order valence-electron chi connectivity index (χ0n) is 14.4. The average molecular weight is 368 g/mol. The van der Waals surface area contributed by atoms with E-state index < -0.39 is 38.7 Å². The van der Waals surface area contributed by atoms with Gasteiger partial charge in [0, 0.05) is 12.3 Å². The van der Waals surface area contributed by atoms with Crippen LogP contribution in [0.2, 0.25) is 0 Å². The van der Waals surface area contributed by atoms with Gasteiger partial charge in [-0.05, 0) is 25.0 Å². The molecule has 1 aromatic carbocycles. The van der Waals surface area contributed by atoms with Crippen molar-refractivity contribution >= 4 is 21.7 Å². The van der Waals surface area contributed by atoms with Gasteiger partial charge in [-0.2, -0.15) is 0 Å². The summed E-state index contributed by atoms with van der Waals surface area (Å²) in [6.07, 6.45) is 0.901. The van der Waals surface area contributed by atoms with E-state index in [0.29, 0.717) is 12.8 Å². The van der Waals surface area contributed by atoms with Gasteiger partial charge in [0.05, 0.1) is 4.90 Å². The number of hydrogen-bond acceptors (Lipinski definition) is 5. The summed E-state index contributed by atoms with van der Waals surface area (Å²) in [5.74, 6) is -2.25. The van der Waals surface area contributed by atoms with E-state index >= 15 is 0 Å². The van der Waals surface area contributed by atoms with Crippen molar-refractivity contribution in [3.05, 3.63) is 30.3 Å².